The summed E-state index contributed by atoms with van der Waals surface area (Å²) in [5, 5.41) is 2.75. The number of aromatic nitrogens is 2. The van der Waals surface area contributed by atoms with Crippen molar-refractivity contribution in [3.63, 3.8) is 0 Å². The Morgan fingerprint density at radius 3 is 2.60 bits per heavy atom. The van der Waals surface area contributed by atoms with Crippen LogP contribution in [0.4, 0.5) is 0 Å². The van der Waals surface area contributed by atoms with E-state index in [1.165, 1.54) is 0 Å². The molecule has 1 atom stereocenters. The summed E-state index contributed by atoms with van der Waals surface area (Å²) < 4.78 is 12.1. The third-order valence-corrected chi connectivity index (χ3v) is 4.06. The van der Waals surface area contributed by atoms with E-state index in [1.807, 2.05) is 36.4 Å². The topological polar surface area (TPSA) is 42.9 Å². The van der Waals surface area contributed by atoms with Crippen molar-refractivity contribution in [3.8, 4) is 0 Å². The quantitative estimate of drug-likeness (QED) is 0.738. The van der Waals surface area contributed by atoms with Crippen LogP contribution in [0.25, 0.3) is 17.0 Å². The van der Waals surface area contributed by atoms with E-state index in [4.69, 9.17) is 0 Å². The van der Waals surface area contributed by atoms with Crippen molar-refractivity contribution in [1.82, 2.24) is 9.97 Å². The van der Waals surface area contributed by atoms with E-state index in [0.29, 0.717) is 0 Å². The fourth-order valence-corrected chi connectivity index (χ4v) is 2.77. The largest absolute Gasteiger partial charge is 0.265 e. The van der Waals surface area contributed by atoms with Crippen LogP contribution in [0.2, 0.25) is 0 Å². The molecule has 1 aromatic carbocycles. The second-order valence-electron chi connectivity index (χ2n) is 4.20. The molecule has 0 spiro atoms. The molecule has 98 valence electrons. The normalized spacial score (nSPS) is 12.8. The molecular weight excluding hydrogens is 268 g/mol. The Morgan fingerprint density at radius 1 is 0.950 bits per heavy atom. The van der Waals surface area contributed by atoms with Gasteiger partial charge < -0.3 is 0 Å². The predicted molar refractivity (Wildman–Crippen MR) is 81.4 cm³/mol. The lowest BCUT2D eigenvalue weighted by Gasteiger charge is -2.01. The molecule has 2 heterocycles. The van der Waals surface area contributed by atoms with E-state index in [0.717, 1.165) is 21.4 Å². The maximum atomic E-state index is 12.1. The van der Waals surface area contributed by atoms with E-state index in [9.17, 15) is 4.21 Å². The summed E-state index contributed by atoms with van der Waals surface area (Å²) >= 11 is 0. The fourth-order valence-electron chi connectivity index (χ4n) is 1.95. The Labute approximate surface area is 119 Å². The summed E-state index contributed by atoms with van der Waals surface area (Å²) in [7, 11) is -1.17. The number of fused-ring (bicyclic) bond motifs is 1. The first-order valence-corrected chi connectivity index (χ1v) is 7.38. The maximum Gasteiger partial charge on any atom is 0.0777 e. The third kappa shape index (κ3) is 2.65. The zero-order valence-corrected chi connectivity index (χ0v) is 11.5. The van der Waals surface area contributed by atoms with Gasteiger partial charge in [-0.25, -0.2) is 4.21 Å². The van der Waals surface area contributed by atoms with Crippen molar-refractivity contribution in [2.45, 2.75) is 4.90 Å². The van der Waals surface area contributed by atoms with Gasteiger partial charge in [-0.05, 0) is 35.9 Å². The highest BCUT2D eigenvalue weighted by Gasteiger charge is 2.00. The van der Waals surface area contributed by atoms with E-state index in [-0.39, 0.29) is 0 Å². The summed E-state index contributed by atoms with van der Waals surface area (Å²) in [5.74, 6) is 0. The Bertz CT molecular complexity index is 779. The SMILES string of the molecule is O=S(/C=C\c1ccnc2ccccc12)c1ccncc1. The number of rotatable bonds is 3. The van der Waals surface area contributed by atoms with Crippen LogP contribution in [-0.2, 0) is 10.8 Å². The Kier molecular flexibility index (Phi) is 3.65. The van der Waals surface area contributed by atoms with Gasteiger partial charge >= 0.3 is 0 Å². The second kappa shape index (κ2) is 5.75. The molecule has 0 amide bonds. The highest BCUT2D eigenvalue weighted by Crippen LogP contribution is 2.18. The summed E-state index contributed by atoms with van der Waals surface area (Å²) in [6.45, 7) is 0. The number of nitrogens with zero attached hydrogens (tertiary/aromatic N) is 2. The minimum atomic E-state index is -1.17. The maximum absolute atomic E-state index is 12.1. The predicted octanol–water partition coefficient (Wildman–Crippen LogP) is 3.41. The average Bonchev–Trinajstić information content (AvgIpc) is 2.53. The summed E-state index contributed by atoms with van der Waals surface area (Å²) in [4.78, 5) is 8.97. The fraction of sp³-hybridized carbons (Fsp3) is 0. The molecule has 0 fully saturated rings. The number of hydrogen-bond acceptors (Lipinski definition) is 3. The lowest BCUT2D eigenvalue weighted by molar-refractivity contribution is 0.688. The van der Waals surface area contributed by atoms with Gasteiger partial charge in [-0.15, -0.1) is 0 Å². The number of para-hydroxylation sites is 1. The summed E-state index contributed by atoms with van der Waals surface area (Å²) in [6, 6.07) is 13.3. The molecule has 2 aromatic heterocycles. The summed E-state index contributed by atoms with van der Waals surface area (Å²) in [5.41, 5.74) is 1.95. The average molecular weight is 280 g/mol. The summed E-state index contributed by atoms with van der Waals surface area (Å²) in [6.07, 6.45) is 6.92. The van der Waals surface area contributed by atoms with Crippen LogP contribution in [0.15, 0.2) is 71.4 Å². The smallest absolute Gasteiger partial charge is 0.0777 e. The molecule has 0 aliphatic heterocycles. The molecule has 1 unspecified atom stereocenters. The van der Waals surface area contributed by atoms with Gasteiger partial charge in [0.25, 0.3) is 0 Å². The molecule has 0 aliphatic carbocycles. The number of hydrogen-bond donors (Lipinski definition) is 0. The molecule has 4 heteroatoms. The minimum absolute atomic E-state index is 0.745. The van der Waals surface area contributed by atoms with Crippen molar-refractivity contribution >= 4 is 27.8 Å². The van der Waals surface area contributed by atoms with Gasteiger partial charge in [-0.2, -0.15) is 0 Å². The molecule has 3 nitrogen and oxygen atoms in total. The van der Waals surface area contributed by atoms with Gasteiger partial charge in [0.1, 0.15) is 0 Å². The number of benzene rings is 1. The highest BCUT2D eigenvalue weighted by atomic mass is 32.2. The number of pyridine rings is 2. The van der Waals surface area contributed by atoms with Crippen molar-refractivity contribution in [3.05, 3.63) is 72.0 Å². The molecule has 20 heavy (non-hydrogen) atoms. The van der Waals surface area contributed by atoms with E-state index in [1.54, 1.807) is 36.1 Å². The molecule has 0 aliphatic rings. The first-order valence-electron chi connectivity index (χ1n) is 6.17. The standard InChI is InChI=1S/C16H12N2OS/c19-20(14-6-9-17-10-7-14)12-8-13-5-11-18-16-4-2-1-3-15(13)16/h1-12H/b12-8-. The molecule has 0 saturated heterocycles. The van der Waals surface area contributed by atoms with Crippen molar-refractivity contribution in [1.29, 1.82) is 0 Å². The van der Waals surface area contributed by atoms with Crippen LogP contribution in [0.3, 0.4) is 0 Å². The van der Waals surface area contributed by atoms with Crippen LogP contribution >= 0.6 is 0 Å². The first kappa shape index (κ1) is 12.7. The van der Waals surface area contributed by atoms with Gasteiger partial charge in [-0.1, -0.05) is 18.2 Å². The lowest BCUT2D eigenvalue weighted by Crippen LogP contribution is -1.87. The highest BCUT2D eigenvalue weighted by molar-refractivity contribution is 7.88. The molecule has 0 saturated carbocycles. The van der Waals surface area contributed by atoms with Crippen molar-refractivity contribution in [2.24, 2.45) is 0 Å². The molecule has 3 aromatic rings. The zero-order chi connectivity index (χ0) is 13.8. The molecule has 3 rings (SSSR count). The van der Waals surface area contributed by atoms with E-state index >= 15 is 0 Å². The van der Waals surface area contributed by atoms with Crippen molar-refractivity contribution < 1.29 is 4.21 Å². The van der Waals surface area contributed by atoms with Gasteiger partial charge in [0.05, 0.1) is 16.3 Å². The Balaban J connectivity index is 1.94. The molecule has 0 bridgehead atoms. The van der Waals surface area contributed by atoms with Crippen molar-refractivity contribution in [2.75, 3.05) is 0 Å². The third-order valence-electron chi connectivity index (χ3n) is 2.94. The molecule has 0 radical (unpaired) electrons. The van der Waals surface area contributed by atoms with E-state index in [2.05, 4.69) is 9.97 Å². The van der Waals surface area contributed by atoms with Gasteiger partial charge in [0.2, 0.25) is 0 Å². The van der Waals surface area contributed by atoms with Crippen LogP contribution < -0.4 is 0 Å². The van der Waals surface area contributed by atoms with Gasteiger partial charge in [0, 0.05) is 34.3 Å². The van der Waals surface area contributed by atoms with Crippen LogP contribution in [-0.4, -0.2) is 14.2 Å². The monoisotopic (exact) mass is 280 g/mol. The van der Waals surface area contributed by atoms with E-state index < -0.39 is 10.8 Å². The lowest BCUT2D eigenvalue weighted by atomic mass is 10.1. The Morgan fingerprint density at radius 2 is 1.75 bits per heavy atom. The molecule has 0 N–H and O–H groups in total. The van der Waals surface area contributed by atoms with Crippen LogP contribution in [0.1, 0.15) is 5.56 Å². The minimum Gasteiger partial charge on any atom is -0.265 e. The first-order chi connectivity index (χ1) is 9.84. The Hall–Kier alpha value is -2.33. The zero-order valence-electron chi connectivity index (χ0n) is 10.6. The van der Waals surface area contributed by atoms with Gasteiger partial charge in [0.15, 0.2) is 0 Å². The van der Waals surface area contributed by atoms with Crippen LogP contribution in [0.5, 0.6) is 0 Å². The van der Waals surface area contributed by atoms with Crippen LogP contribution in [0, 0.1) is 0 Å². The van der Waals surface area contributed by atoms with Gasteiger partial charge in [-0.3, -0.25) is 9.97 Å². The second-order valence-corrected chi connectivity index (χ2v) is 5.54. The molecular formula is C16H12N2OS.